The Balaban J connectivity index is 0.00000182. The Hall–Kier alpha value is -2.32. The highest BCUT2D eigenvalue weighted by atomic mass is 35.5. The van der Waals surface area contributed by atoms with Crippen molar-refractivity contribution in [3.05, 3.63) is 35.7 Å². The summed E-state index contributed by atoms with van der Waals surface area (Å²) in [5, 5.41) is 14.3. The highest BCUT2D eigenvalue weighted by molar-refractivity contribution is 5.91. The molecule has 1 aromatic carbocycles. The van der Waals surface area contributed by atoms with Crippen molar-refractivity contribution in [3.63, 3.8) is 0 Å². The van der Waals surface area contributed by atoms with Crippen molar-refractivity contribution in [1.82, 2.24) is 25.6 Å². The summed E-state index contributed by atoms with van der Waals surface area (Å²) in [6.07, 6.45) is 3.73. The highest BCUT2D eigenvalue weighted by Gasteiger charge is 2.19. The van der Waals surface area contributed by atoms with E-state index >= 15 is 0 Å². The molecule has 3 heterocycles. The zero-order valence-corrected chi connectivity index (χ0v) is 14.4. The van der Waals surface area contributed by atoms with Gasteiger partial charge in [-0.25, -0.2) is 4.68 Å². The summed E-state index contributed by atoms with van der Waals surface area (Å²) in [4.78, 5) is 12.3. The molecule has 2 aliphatic heterocycles. The number of amides is 1. The van der Waals surface area contributed by atoms with Gasteiger partial charge in [0, 0.05) is 6.54 Å². The number of hydrogen-bond donors (Lipinski definition) is 2. The molecule has 25 heavy (non-hydrogen) atoms. The van der Waals surface area contributed by atoms with Crippen LogP contribution in [0.25, 0.3) is 0 Å². The fraction of sp³-hybridized carbons (Fsp3) is 0.438. The molecule has 8 nitrogen and oxygen atoms in total. The molecule has 0 saturated carbocycles. The summed E-state index contributed by atoms with van der Waals surface area (Å²) in [7, 11) is 0. The maximum atomic E-state index is 12.3. The molecule has 2 aliphatic rings. The molecule has 0 unspecified atom stereocenters. The molecule has 1 fully saturated rings. The van der Waals surface area contributed by atoms with E-state index in [9.17, 15) is 4.79 Å². The van der Waals surface area contributed by atoms with Crippen LogP contribution in [-0.2, 0) is 6.54 Å². The molecule has 2 N–H and O–H groups in total. The Morgan fingerprint density at radius 1 is 1.28 bits per heavy atom. The van der Waals surface area contributed by atoms with E-state index in [0.29, 0.717) is 24.0 Å². The van der Waals surface area contributed by atoms with Crippen LogP contribution in [0, 0.1) is 0 Å². The molecule has 0 spiro atoms. The molecular weight excluding hydrogens is 346 g/mol. The monoisotopic (exact) mass is 365 g/mol. The van der Waals surface area contributed by atoms with Gasteiger partial charge in [-0.2, -0.15) is 0 Å². The number of carbonyl (C=O) groups excluding carboxylic acids is 1. The van der Waals surface area contributed by atoms with E-state index in [4.69, 9.17) is 9.47 Å². The van der Waals surface area contributed by atoms with Crippen LogP contribution < -0.4 is 20.1 Å². The van der Waals surface area contributed by atoms with Gasteiger partial charge in [0.15, 0.2) is 17.2 Å². The van der Waals surface area contributed by atoms with Crippen LogP contribution in [0.4, 0.5) is 0 Å². The fourth-order valence-electron chi connectivity index (χ4n) is 2.95. The van der Waals surface area contributed by atoms with Crippen molar-refractivity contribution in [3.8, 4) is 11.5 Å². The largest absolute Gasteiger partial charge is 0.454 e. The lowest BCUT2D eigenvalue weighted by Gasteiger charge is -2.22. The number of piperidine rings is 1. The van der Waals surface area contributed by atoms with Gasteiger partial charge in [0.2, 0.25) is 6.79 Å². The van der Waals surface area contributed by atoms with E-state index < -0.39 is 0 Å². The topological polar surface area (TPSA) is 90.3 Å². The van der Waals surface area contributed by atoms with Gasteiger partial charge in [-0.1, -0.05) is 11.3 Å². The first kappa shape index (κ1) is 17.5. The molecule has 0 bridgehead atoms. The predicted octanol–water partition coefficient (Wildman–Crippen LogP) is 1.28. The van der Waals surface area contributed by atoms with Gasteiger partial charge in [0.1, 0.15) is 0 Å². The first-order valence-electron chi connectivity index (χ1n) is 8.09. The Morgan fingerprint density at radius 3 is 2.92 bits per heavy atom. The standard InChI is InChI=1S/C16H19N5O3.ClH/c22-16(13-9-21(20-19-13)12-3-5-17-6-4-12)18-8-11-1-2-14-15(7-11)24-10-23-14;/h1-2,7,9,12,17H,3-6,8,10H2,(H,18,22);1H. The molecule has 1 amide bonds. The molecule has 134 valence electrons. The number of nitrogens with zero attached hydrogens (tertiary/aromatic N) is 3. The smallest absolute Gasteiger partial charge is 0.273 e. The number of fused-ring (bicyclic) bond motifs is 1. The van der Waals surface area contributed by atoms with Crippen LogP contribution in [0.15, 0.2) is 24.4 Å². The number of carbonyl (C=O) groups is 1. The normalized spacial score (nSPS) is 16.3. The van der Waals surface area contributed by atoms with Gasteiger partial charge >= 0.3 is 0 Å². The van der Waals surface area contributed by atoms with Gasteiger partial charge in [0.05, 0.1) is 12.2 Å². The number of ether oxygens (including phenoxy) is 2. The summed E-state index contributed by atoms with van der Waals surface area (Å²) >= 11 is 0. The summed E-state index contributed by atoms with van der Waals surface area (Å²) < 4.78 is 12.4. The molecule has 1 saturated heterocycles. The van der Waals surface area contributed by atoms with E-state index in [-0.39, 0.29) is 25.1 Å². The first-order valence-corrected chi connectivity index (χ1v) is 8.09. The van der Waals surface area contributed by atoms with Gasteiger partial charge in [-0.3, -0.25) is 4.79 Å². The van der Waals surface area contributed by atoms with Crippen LogP contribution in [0.5, 0.6) is 11.5 Å². The van der Waals surface area contributed by atoms with E-state index in [2.05, 4.69) is 20.9 Å². The van der Waals surface area contributed by atoms with Gasteiger partial charge in [0.25, 0.3) is 5.91 Å². The Labute approximate surface area is 151 Å². The minimum absolute atomic E-state index is 0. The van der Waals surface area contributed by atoms with Crippen molar-refractivity contribution in [2.45, 2.75) is 25.4 Å². The van der Waals surface area contributed by atoms with Gasteiger partial charge < -0.3 is 20.1 Å². The van der Waals surface area contributed by atoms with Crippen molar-refractivity contribution >= 4 is 18.3 Å². The highest BCUT2D eigenvalue weighted by Crippen LogP contribution is 2.32. The van der Waals surface area contributed by atoms with Crippen LogP contribution in [0.3, 0.4) is 0 Å². The van der Waals surface area contributed by atoms with E-state index in [1.54, 1.807) is 10.9 Å². The van der Waals surface area contributed by atoms with Crippen LogP contribution in [-0.4, -0.2) is 40.8 Å². The average molecular weight is 366 g/mol. The van der Waals surface area contributed by atoms with Gasteiger partial charge in [-0.15, -0.1) is 17.5 Å². The molecule has 4 rings (SSSR count). The number of aromatic nitrogens is 3. The predicted molar refractivity (Wildman–Crippen MR) is 92.1 cm³/mol. The molecule has 1 aromatic heterocycles. The van der Waals surface area contributed by atoms with Crippen LogP contribution >= 0.6 is 12.4 Å². The summed E-state index contributed by atoms with van der Waals surface area (Å²) in [6.45, 7) is 2.58. The quantitative estimate of drug-likeness (QED) is 0.848. The molecule has 0 atom stereocenters. The molecule has 0 aliphatic carbocycles. The number of rotatable bonds is 4. The lowest BCUT2D eigenvalue weighted by molar-refractivity contribution is 0.0945. The minimum Gasteiger partial charge on any atom is -0.454 e. The van der Waals surface area contributed by atoms with E-state index in [1.165, 1.54) is 0 Å². The molecule has 9 heteroatoms. The first-order chi connectivity index (χ1) is 11.8. The van der Waals surface area contributed by atoms with E-state index in [0.717, 1.165) is 37.2 Å². The maximum absolute atomic E-state index is 12.3. The third kappa shape index (κ3) is 3.85. The van der Waals surface area contributed by atoms with Crippen LogP contribution in [0.1, 0.15) is 34.9 Å². The maximum Gasteiger partial charge on any atom is 0.273 e. The van der Waals surface area contributed by atoms with E-state index in [1.807, 2.05) is 18.2 Å². The second kappa shape index (κ2) is 7.71. The summed E-state index contributed by atoms with van der Waals surface area (Å²) in [6, 6.07) is 5.93. The Bertz CT molecular complexity index is 745. The number of hydrogen-bond acceptors (Lipinski definition) is 6. The molecular formula is C16H20ClN5O3. The second-order valence-electron chi connectivity index (χ2n) is 5.94. The van der Waals surface area contributed by atoms with Crippen molar-refractivity contribution < 1.29 is 14.3 Å². The van der Waals surface area contributed by atoms with Crippen molar-refractivity contribution in [2.75, 3.05) is 19.9 Å². The Morgan fingerprint density at radius 2 is 2.08 bits per heavy atom. The number of benzene rings is 1. The molecule has 2 aromatic rings. The third-order valence-electron chi connectivity index (χ3n) is 4.32. The lowest BCUT2D eigenvalue weighted by Crippen LogP contribution is -2.29. The summed E-state index contributed by atoms with van der Waals surface area (Å²) in [5.41, 5.74) is 1.28. The van der Waals surface area contributed by atoms with Crippen molar-refractivity contribution in [1.29, 1.82) is 0 Å². The van der Waals surface area contributed by atoms with Gasteiger partial charge in [-0.05, 0) is 43.6 Å². The minimum atomic E-state index is -0.229. The SMILES string of the molecule is Cl.O=C(NCc1ccc2c(c1)OCO2)c1cn(C2CCNCC2)nn1. The molecule has 0 radical (unpaired) electrons. The third-order valence-corrected chi connectivity index (χ3v) is 4.32. The lowest BCUT2D eigenvalue weighted by atomic mass is 10.1. The zero-order chi connectivity index (χ0) is 16.4. The summed E-state index contributed by atoms with van der Waals surface area (Å²) in [5.74, 6) is 1.21. The number of nitrogens with one attached hydrogen (secondary N) is 2. The average Bonchev–Trinajstić information content (AvgIpc) is 3.29. The second-order valence-corrected chi connectivity index (χ2v) is 5.94. The Kier molecular flexibility index (Phi) is 5.40. The zero-order valence-electron chi connectivity index (χ0n) is 13.6. The fourth-order valence-corrected chi connectivity index (χ4v) is 2.95. The van der Waals surface area contributed by atoms with Crippen molar-refractivity contribution in [2.24, 2.45) is 0 Å². The van der Waals surface area contributed by atoms with Crippen LogP contribution in [0.2, 0.25) is 0 Å². The number of halogens is 1.